The van der Waals surface area contributed by atoms with Crippen LogP contribution in [0, 0.1) is 0 Å². The predicted molar refractivity (Wildman–Crippen MR) is 82.9 cm³/mol. The van der Waals surface area contributed by atoms with Crippen molar-refractivity contribution in [3.05, 3.63) is 29.3 Å². The monoisotopic (exact) mass is 295 g/mol. The number of hydrogen-bond donors (Lipinski definition) is 3. The zero-order chi connectivity index (χ0) is 15.7. The summed E-state index contributed by atoms with van der Waals surface area (Å²) in [5.41, 5.74) is 7.24. The number of nitrogens with zero attached hydrogens (tertiary/aromatic N) is 1. The molecule has 1 atom stereocenters. The second-order valence-electron chi connectivity index (χ2n) is 4.83. The average Bonchev–Trinajstić information content (AvgIpc) is 2.52. The number of hydrogen-bond acceptors (Lipinski definition) is 5. The van der Waals surface area contributed by atoms with Crippen LogP contribution in [0.4, 0.5) is 0 Å². The van der Waals surface area contributed by atoms with Crippen molar-refractivity contribution in [3.63, 3.8) is 0 Å². The first-order valence-electron chi connectivity index (χ1n) is 7.03. The molecular weight excluding hydrogens is 270 g/mol. The molecule has 0 saturated carbocycles. The third-order valence-corrected chi connectivity index (χ3v) is 3.27. The maximum Gasteiger partial charge on any atom is 0.170 e. The van der Waals surface area contributed by atoms with E-state index >= 15 is 0 Å². The molecule has 1 unspecified atom stereocenters. The molecule has 1 aromatic rings. The molecule has 0 spiro atoms. The van der Waals surface area contributed by atoms with Crippen LogP contribution in [0.5, 0.6) is 5.75 Å². The molecule has 1 aromatic carbocycles. The Hall–Kier alpha value is -1.79. The smallest absolute Gasteiger partial charge is 0.170 e. The number of ether oxygens (including phenoxy) is 2. The number of nitrogens with one attached hydrogen (secondary N) is 1. The number of amidine groups is 1. The van der Waals surface area contributed by atoms with Crippen LogP contribution in [0.2, 0.25) is 0 Å². The lowest BCUT2D eigenvalue weighted by Gasteiger charge is -2.18. The van der Waals surface area contributed by atoms with Gasteiger partial charge >= 0.3 is 0 Å². The summed E-state index contributed by atoms with van der Waals surface area (Å²) in [5.74, 6) is 0.852. The molecule has 0 aliphatic rings. The molecule has 21 heavy (non-hydrogen) atoms. The Balaban J connectivity index is 2.84. The Labute approximate surface area is 125 Å². The van der Waals surface area contributed by atoms with E-state index in [0.717, 1.165) is 24.2 Å². The zero-order valence-electron chi connectivity index (χ0n) is 12.9. The number of methoxy groups -OCH3 is 2. The second-order valence-corrected chi connectivity index (χ2v) is 4.83. The number of benzene rings is 1. The van der Waals surface area contributed by atoms with E-state index in [1.165, 1.54) is 0 Å². The molecule has 0 bridgehead atoms. The lowest BCUT2D eigenvalue weighted by molar-refractivity contribution is 0.161. The minimum atomic E-state index is 0.0842. The summed E-state index contributed by atoms with van der Waals surface area (Å²) in [7, 11) is 3.32. The molecule has 0 aromatic heterocycles. The lowest BCUT2D eigenvalue weighted by atomic mass is 10.1. The van der Waals surface area contributed by atoms with E-state index in [9.17, 15) is 0 Å². The summed E-state index contributed by atoms with van der Waals surface area (Å²) in [6, 6.07) is 5.72. The maximum atomic E-state index is 8.76. The van der Waals surface area contributed by atoms with E-state index in [4.69, 9.17) is 20.4 Å². The second kappa shape index (κ2) is 9.20. The van der Waals surface area contributed by atoms with Gasteiger partial charge in [-0.05, 0) is 24.6 Å². The predicted octanol–water partition coefficient (Wildman–Crippen LogP) is 1.69. The Morgan fingerprint density at radius 3 is 2.76 bits per heavy atom. The summed E-state index contributed by atoms with van der Waals surface area (Å²) in [4.78, 5) is 0. The van der Waals surface area contributed by atoms with Crippen molar-refractivity contribution in [1.29, 1.82) is 0 Å². The quantitative estimate of drug-likeness (QED) is 0.279. The third-order valence-electron chi connectivity index (χ3n) is 3.27. The van der Waals surface area contributed by atoms with Crippen molar-refractivity contribution >= 4 is 5.84 Å². The third kappa shape index (κ3) is 5.24. The molecule has 0 heterocycles. The first-order valence-corrected chi connectivity index (χ1v) is 7.03. The molecule has 4 N–H and O–H groups in total. The minimum absolute atomic E-state index is 0.0842. The van der Waals surface area contributed by atoms with E-state index in [1.807, 2.05) is 12.1 Å². The van der Waals surface area contributed by atoms with E-state index in [0.29, 0.717) is 18.7 Å². The minimum Gasteiger partial charge on any atom is -0.496 e. The Bertz CT molecular complexity index is 457. The molecule has 6 heteroatoms. The van der Waals surface area contributed by atoms with E-state index in [1.54, 1.807) is 20.3 Å². The molecule has 0 aliphatic heterocycles. The lowest BCUT2D eigenvalue weighted by Crippen LogP contribution is -2.32. The summed E-state index contributed by atoms with van der Waals surface area (Å²) in [6.07, 6.45) is 2.12. The van der Waals surface area contributed by atoms with Crippen molar-refractivity contribution in [2.75, 3.05) is 20.8 Å². The van der Waals surface area contributed by atoms with Gasteiger partial charge in [-0.2, -0.15) is 0 Å². The first-order chi connectivity index (χ1) is 10.2. The molecule has 0 aliphatic carbocycles. The number of oxime groups is 1. The Morgan fingerprint density at radius 2 is 2.19 bits per heavy atom. The van der Waals surface area contributed by atoms with Crippen molar-refractivity contribution in [1.82, 2.24) is 5.32 Å². The Kier molecular flexibility index (Phi) is 7.56. The fourth-order valence-corrected chi connectivity index (χ4v) is 2.18. The topological polar surface area (TPSA) is 89.1 Å². The normalized spacial score (nSPS) is 13.2. The van der Waals surface area contributed by atoms with Gasteiger partial charge in [-0.3, -0.25) is 0 Å². The summed E-state index contributed by atoms with van der Waals surface area (Å²) >= 11 is 0. The molecule has 118 valence electrons. The van der Waals surface area contributed by atoms with Gasteiger partial charge in [0.1, 0.15) is 5.75 Å². The van der Waals surface area contributed by atoms with Gasteiger partial charge in [0.25, 0.3) is 0 Å². The zero-order valence-corrected chi connectivity index (χ0v) is 12.9. The highest BCUT2D eigenvalue weighted by Crippen LogP contribution is 2.20. The van der Waals surface area contributed by atoms with Crippen LogP contribution in [0.1, 0.15) is 30.9 Å². The molecular formula is C15H25N3O3. The standard InChI is InChI=1S/C15H25N3O3/c1-4-5-13(10-20-2)17-9-12-8-11(15(16)18-19)6-7-14(12)21-3/h6-8,13,17,19H,4-5,9-10H2,1-3H3,(H2,16,18). The van der Waals surface area contributed by atoms with Gasteiger partial charge in [-0.15, -0.1) is 0 Å². The largest absolute Gasteiger partial charge is 0.496 e. The Morgan fingerprint density at radius 1 is 1.43 bits per heavy atom. The highest BCUT2D eigenvalue weighted by atomic mass is 16.5. The van der Waals surface area contributed by atoms with Crippen molar-refractivity contribution in [2.45, 2.75) is 32.4 Å². The van der Waals surface area contributed by atoms with Gasteiger partial charge in [0.2, 0.25) is 0 Å². The first kappa shape index (κ1) is 17.3. The SMILES string of the molecule is CCCC(COC)NCc1cc(/C(N)=N/O)ccc1OC. The van der Waals surface area contributed by atoms with Crippen molar-refractivity contribution in [3.8, 4) is 5.75 Å². The van der Waals surface area contributed by atoms with Crippen LogP contribution in [0.25, 0.3) is 0 Å². The van der Waals surface area contributed by atoms with Gasteiger partial charge in [0.15, 0.2) is 5.84 Å². The molecule has 0 amide bonds. The molecule has 6 nitrogen and oxygen atoms in total. The average molecular weight is 295 g/mol. The van der Waals surface area contributed by atoms with Crippen LogP contribution in [-0.2, 0) is 11.3 Å². The maximum absolute atomic E-state index is 8.76. The van der Waals surface area contributed by atoms with E-state index < -0.39 is 0 Å². The summed E-state index contributed by atoms with van der Waals surface area (Å²) in [5, 5.41) is 15.2. The van der Waals surface area contributed by atoms with Crippen LogP contribution in [-0.4, -0.2) is 37.9 Å². The van der Waals surface area contributed by atoms with Gasteiger partial charge in [0.05, 0.1) is 13.7 Å². The van der Waals surface area contributed by atoms with Gasteiger partial charge in [-0.1, -0.05) is 18.5 Å². The van der Waals surface area contributed by atoms with Gasteiger partial charge < -0.3 is 25.7 Å². The van der Waals surface area contributed by atoms with E-state index in [-0.39, 0.29) is 11.9 Å². The van der Waals surface area contributed by atoms with Crippen LogP contribution < -0.4 is 15.8 Å². The molecule has 0 saturated heterocycles. The summed E-state index contributed by atoms with van der Waals surface area (Å²) < 4.78 is 10.6. The van der Waals surface area contributed by atoms with E-state index in [2.05, 4.69) is 17.4 Å². The molecule has 0 radical (unpaired) electrons. The van der Waals surface area contributed by atoms with Crippen LogP contribution in [0.15, 0.2) is 23.4 Å². The fraction of sp³-hybridized carbons (Fsp3) is 0.533. The van der Waals surface area contributed by atoms with Crippen LogP contribution >= 0.6 is 0 Å². The van der Waals surface area contributed by atoms with Crippen molar-refractivity contribution in [2.24, 2.45) is 10.9 Å². The fourth-order valence-electron chi connectivity index (χ4n) is 2.18. The highest BCUT2D eigenvalue weighted by molar-refractivity contribution is 5.97. The number of nitrogens with two attached hydrogens (primary N) is 1. The summed E-state index contributed by atoms with van der Waals surface area (Å²) in [6.45, 7) is 3.43. The highest BCUT2D eigenvalue weighted by Gasteiger charge is 2.11. The molecule has 0 fully saturated rings. The molecule has 1 rings (SSSR count). The van der Waals surface area contributed by atoms with Crippen LogP contribution in [0.3, 0.4) is 0 Å². The van der Waals surface area contributed by atoms with Gasteiger partial charge in [0, 0.05) is 30.8 Å². The van der Waals surface area contributed by atoms with Gasteiger partial charge in [-0.25, -0.2) is 0 Å². The van der Waals surface area contributed by atoms with Crippen molar-refractivity contribution < 1.29 is 14.7 Å². The number of rotatable bonds is 9.